The van der Waals surface area contributed by atoms with Crippen molar-refractivity contribution in [3.63, 3.8) is 0 Å². The molecule has 4 fully saturated rings. The molecule has 9 atom stereocenters. The first kappa shape index (κ1) is 19.4. The minimum Gasteiger partial charge on any atom is -0.463 e. The van der Waals surface area contributed by atoms with E-state index >= 15 is 0 Å². The van der Waals surface area contributed by atoms with Crippen molar-refractivity contribution in [2.45, 2.75) is 91.3 Å². The summed E-state index contributed by atoms with van der Waals surface area (Å²) >= 11 is 0. The molecule has 4 nitrogen and oxygen atoms in total. The van der Waals surface area contributed by atoms with Gasteiger partial charge in [-0.3, -0.25) is 9.59 Å². The normalized spacial score (nSPS) is 50.3. The molecule has 4 aliphatic rings. The Labute approximate surface area is 163 Å². The van der Waals surface area contributed by atoms with Crippen molar-refractivity contribution in [2.24, 2.45) is 40.4 Å². The first-order valence-corrected chi connectivity index (χ1v) is 11.0. The number of hydrogen-bond acceptors (Lipinski definition) is 4. The maximum atomic E-state index is 13.5. The zero-order chi connectivity index (χ0) is 19.6. The van der Waals surface area contributed by atoms with Gasteiger partial charge < -0.3 is 9.84 Å². The fraction of sp³-hybridized carbons (Fsp3) is 0.913. The van der Waals surface area contributed by atoms with Gasteiger partial charge in [0.25, 0.3) is 0 Å². The van der Waals surface area contributed by atoms with E-state index in [4.69, 9.17) is 4.74 Å². The molecule has 0 aromatic rings. The first-order chi connectivity index (χ1) is 12.7. The van der Waals surface area contributed by atoms with Crippen LogP contribution in [0, 0.1) is 40.4 Å². The van der Waals surface area contributed by atoms with Gasteiger partial charge in [0.1, 0.15) is 11.9 Å². The van der Waals surface area contributed by atoms with Crippen LogP contribution in [0.2, 0.25) is 0 Å². The average Bonchev–Trinajstić information content (AvgIpc) is 2.91. The maximum absolute atomic E-state index is 13.5. The number of aliphatic hydroxyl groups is 1. The molecule has 0 bridgehead atoms. The lowest BCUT2D eigenvalue weighted by molar-refractivity contribution is -0.170. The Morgan fingerprint density at radius 3 is 2.56 bits per heavy atom. The summed E-state index contributed by atoms with van der Waals surface area (Å²) in [6, 6.07) is 0. The quantitative estimate of drug-likeness (QED) is 0.736. The lowest BCUT2D eigenvalue weighted by atomic mass is 9.44. The second kappa shape index (κ2) is 6.57. The van der Waals surface area contributed by atoms with E-state index in [-0.39, 0.29) is 40.8 Å². The van der Waals surface area contributed by atoms with Gasteiger partial charge in [-0.2, -0.15) is 0 Å². The summed E-state index contributed by atoms with van der Waals surface area (Å²) < 4.78 is 5.52. The summed E-state index contributed by atoms with van der Waals surface area (Å²) in [6.45, 7) is 8.03. The van der Waals surface area contributed by atoms with Crippen LogP contribution in [-0.2, 0) is 14.3 Å². The molecule has 0 heterocycles. The summed E-state index contributed by atoms with van der Waals surface area (Å²) in [5.74, 6) is 2.23. The van der Waals surface area contributed by atoms with Gasteiger partial charge >= 0.3 is 5.97 Å². The fourth-order valence-corrected chi connectivity index (χ4v) is 8.21. The highest BCUT2D eigenvalue weighted by atomic mass is 16.5. The predicted octanol–water partition coefficient (Wildman–Crippen LogP) is 4.14. The monoisotopic (exact) mass is 376 g/mol. The fourth-order valence-electron chi connectivity index (χ4n) is 8.21. The van der Waals surface area contributed by atoms with Crippen LogP contribution in [0.4, 0.5) is 0 Å². The number of ether oxygens (including phenoxy) is 1. The van der Waals surface area contributed by atoms with Crippen LogP contribution in [0.1, 0.15) is 79.1 Å². The Bertz CT molecular complexity index is 628. The second-order valence-corrected chi connectivity index (χ2v) is 10.6. The van der Waals surface area contributed by atoms with Crippen molar-refractivity contribution < 1.29 is 19.4 Å². The van der Waals surface area contributed by atoms with E-state index in [1.807, 2.05) is 6.92 Å². The average molecular weight is 377 g/mol. The van der Waals surface area contributed by atoms with Crippen molar-refractivity contribution in [3.8, 4) is 0 Å². The molecule has 27 heavy (non-hydrogen) atoms. The molecule has 0 amide bonds. The van der Waals surface area contributed by atoms with Gasteiger partial charge in [0.2, 0.25) is 0 Å². The minimum atomic E-state index is -0.324. The van der Waals surface area contributed by atoms with Crippen LogP contribution >= 0.6 is 0 Å². The van der Waals surface area contributed by atoms with Gasteiger partial charge in [-0.05, 0) is 86.4 Å². The van der Waals surface area contributed by atoms with E-state index in [0.717, 1.165) is 44.9 Å². The van der Waals surface area contributed by atoms with Gasteiger partial charge in [-0.25, -0.2) is 0 Å². The van der Waals surface area contributed by atoms with Crippen LogP contribution in [-0.4, -0.2) is 29.1 Å². The number of hydrogen-bond donors (Lipinski definition) is 1. The summed E-state index contributed by atoms with van der Waals surface area (Å²) in [5.41, 5.74) is 0.0332. The van der Waals surface area contributed by atoms with Gasteiger partial charge in [0.15, 0.2) is 0 Å². The van der Waals surface area contributed by atoms with Crippen LogP contribution in [0.25, 0.3) is 0 Å². The molecular formula is C23H36O4. The SMILES string of the molecule is CC(=O)O[C@@H]1CC[C@]2(C)[C@H](CC[C@H]3[C@H]2C(=O)C[C@]2(C)[C@@H]([C@H](C)O)CC[C@@H]32)C1. The minimum absolute atomic E-state index is 0.0233. The van der Waals surface area contributed by atoms with Crippen molar-refractivity contribution in [3.05, 3.63) is 0 Å². The smallest absolute Gasteiger partial charge is 0.302 e. The molecule has 0 unspecified atom stereocenters. The van der Waals surface area contributed by atoms with E-state index < -0.39 is 0 Å². The summed E-state index contributed by atoms with van der Waals surface area (Å²) in [7, 11) is 0. The van der Waals surface area contributed by atoms with Gasteiger partial charge in [-0.15, -0.1) is 0 Å². The molecule has 4 aliphatic carbocycles. The molecule has 0 aromatic carbocycles. The van der Waals surface area contributed by atoms with E-state index in [1.165, 1.54) is 6.92 Å². The van der Waals surface area contributed by atoms with E-state index in [0.29, 0.717) is 30.0 Å². The number of Topliss-reactive ketones (excluding diaryl/α,β-unsaturated/α-hetero) is 1. The van der Waals surface area contributed by atoms with Gasteiger partial charge in [0, 0.05) is 19.3 Å². The van der Waals surface area contributed by atoms with E-state index in [1.54, 1.807) is 0 Å². The highest BCUT2D eigenvalue weighted by Gasteiger charge is 2.63. The Balaban J connectivity index is 1.59. The largest absolute Gasteiger partial charge is 0.463 e. The third kappa shape index (κ3) is 2.89. The van der Waals surface area contributed by atoms with Crippen LogP contribution in [0.5, 0.6) is 0 Å². The van der Waals surface area contributed by atoms with Crippen molar-refractivity contribution in [1.82, 2.24) is 0 Å². The predicted molar refractivity (Wildman–Crippen MR) is 103 cm³/mol. The second-order valence-electron chi connectivity index (χ2n) is 10.6. The third-order valence-corrected chi connectivity index (χ3v) is 9.29. The first-order valence-electron chi connectivity index (χ1n) is 11.0. The van der Waals surface area contributed by atoms with Crippen molar-refractivity contribution in [1.29, 1.82) is 0 Å². The molecule has 4 heteroatoms. The number of carbonyl (C=O) groups excluding carboxylic acids is 2. The van der Waals surface area contributed by atoms with Crippen LogP contribution in [0.3, 0.4) is 0 Å². The number of ketones is 1. The Kier molecular flexibility index (Phi) is 4.73. The maximum Gasteiger partial charge on any atom is 0.302 e. The standard InChI is InChI=1S/C23H36O4/c1-13(24)18-7-8-19-17-6-5-15-11-16(27-14(2)25)9-10-22(15,3)21(17)20(26)12-23(18,19)4/h13,15-19,21,24H,5-12H2,1-4H3/t13-,15+,16+,17+,18+,19-,21-,22+,23+/m0/s1. The van der Waals surface area contributed by atoms with E-state index in [9.17, 15) is 14.7 Å². The molecule has 0 aromatic heterocycles. The summed E-state index contributed by atoms with van der Waals surface area (Å²) in [4.78, 5) is 24.9. The highest BCUT2D eigenvalue weighted by Crippen LogP contribution is 2.66. The number of aliphatic hydroxyl groups excluding tert-OH is 1. The van der Waals surface area contributed by atoms with Crippen LogP contribution in [0.15, 0.2) is 0 Å². The Morgan fingerprint density at radius 1 is 1.15 bits per heavy atom. The lowest BCUT2D eigenvalue weighted by Gasteiger charge is -2.60. The Morgan fingerprint density at radius 2 is 1.89 bits per heavy atom. The van der Waals surface area contributed by atoms with Gasteiger partial charge in [-0.1, -0.05) is 13.8 Å². The summed E-state index contributed by atoms with van der Waals surface area (Å²) in [6.07, 6.45) is 7.65. The zero-order valence-corrected chi connectivity index (χ0v) is 17.4. The summed E-state index contributed by atoms with van der Waals surface area (Å²) in [5, 5.41) is 10.3. The number of carbonyl (C=O) groups is 2. The van der Waals surface area contributed by atoms with Gasteiger partial charge in [0.05, 0.1) is 6.10 Å². The number of esters is 1. The number of fused-ring (bicyclic) bond motifs is 5. The molecular weight excluding hydrogens is 340 g/mol. The van der Waals surface area contributed by atoms with Crippen molar-refractivity contribution in [2.75, 3.05) is 0 Å². The molecule has 152 valence electrons. The molecule has 4 saturated carbocycles. The van der Waals surface area contributed by atoms with Crippen molar-refractivity contribution >= 4 is 11.8 Å². The Hall–Kier alpha value is -0.900. The highest BCUT2D eigenvalue weighted by molar-refractivity contribution is 5.84. The molecule has 0 radical (unpaired) electrons. The zero-order valence-electron chi connectivity index (χ0n) is 17.4. The molecule has 0 aliphatic heterocycles. The number of rotatable bonds is 2. The third-order valence-electron chi connectivity index (χ3n) is 9.29. The molecule has 0 spiro atoms. The molecule has 4 rings (SSSR count). The topological polar surface area (TPSA) is 63.6 Å². The van der Waals surface area contributed by atoms with E-state index in [2.05, 4.69) is 13.8 Å². The lowest BCUT2D eigenvalue weighted by Crippen LogP contribution is -2.58. The molecule has 1 N–H and O–H groups in total. The van der Waals surface area contributed by atoms with Crippen LogP contribution < -0.4 is 0 Å². The molecule has 0 saturated heterocycles.